The van der Waals surface area contributed by atoms with Gasteiger partial charge in [0.25, 0.3) is 0 Å². The van der Waals surface area contributed by atoms with E-state index in [0.717, 1.165) is 21.1 Å². The lowest BCUT2D eigenvalue weighted by atomic mass is 10.1. The van der Waals surface area contributed by atoms with Gasteiger partial charge in [0.1, 0.15) is 0 Å². The molecule has 2 rings (SSSR count). The van der Waals surface area contributed by atoms with Gasteiger partial charge >= 0.3 is 0 Å². The number of fused-ring (bicyclic) bond motifs is 1. The van der Waals surface area contributed by atoms with Crippen LogP contribution in [-0.2, 0) is 7.05 Å². The Bertz CT molecular complexity index is 554. The third kappa shape index (κ3) is 1.51. The Balaban J connectivity index is 2.93. The molecule has 0 amide bonds. The SMILES string of the molecule is CC(=O)c1c(Br)n(C)c2cc(C)ccc12. The van der Waals surface area contributed by atoms with Gasteiger partial charge in [0.05, 0.1) is 10.2 Å². The number of nitrogens with zero attached hydrogens (tertiary/aromatic N) is 1. The highest BCUT2D eigenvalue weighted by Gasteiger charge is 2.16. The molecular weight excluding hydrogens is 254 g/mol. The number of carbonyl (C=O) groups is 1. The van der Waals surface area contributed by atoms with Gasteiger partial charge in [-0.1, -0.05) is 12.1 Å². The number of aryl methyl sites for hydroxylation is 2. The summed E-state index contributed by atoms with van der Waals surface area (Å²) < 4.78 is 2.86. The highest BCUT2D eigenvalue weighted by molar-refractivity contribution is 9.10. The van der Waals surface area contributed by atoms with Gasteiger partial charge in [-0.3, -0.25) is 4.79 Å². The average molecular weight is 266 g/mol. The summed E-state index contributed by atoms with van der Waals surface area (Å²) in [5.41, 5.74) is 3.06. The molecule has 1 aromatic heterocycles. The fourth-order valence-corrected chi connectivity index (χ4v) is 2.53. The third-order valence-electron chi connectivity index (χ3n) is 2.64. The van der Waals surface area contributed by atoms with Crippen LogP contribution in [0.3, 0.4) is 0 Å². The van der Waals surface area contributed by atoms with E-state index >= 15 is 0 Å². The van der Waals surface area contributed by atoms with E-state index in [-0.39, 0.29) is 5.78 Å². The molecule has 15 heavy (non-hydrogen) atoms. The lowest BCUT2D eigenvalue weighted by molar-refractivity contribution is 0.101. The van der Waals surface area contributed by atoms with Crippen LogP contribution >= 0.6 is 15.9 Å². The van der Waals surface area contributed by atoms with Crippen LogP contribution in [0.4, 0.5) is 0 Å². The summed E-state index contributed by atoms with van der Waals surface area (Å²) in [6.45, 7) is 3.65. The second-order valence-corrected chi connectivity index (χ2v) is 4.55. The van der Waals surface area contributed by atoms with Crippen molar-refractivity contribution in [3.8, 4) is 0 Å². The molecule has 0 aliphatic carbocycles. The molecule has 0 saturated carbocycles. The second-order valence-electron chi connectivity index (χ2n) is 3.80. The molecule has 0 spiro atoms. The molecule has 0 bridgehead atoms. The zero-order valence-corrected chi connectivity index (χ0v) is 10.6. The summed E-state index contributed by atoms with van der Waals surface area (Å²) in [6.07, 6.45) is 0. The standard InChI is InChI=1S/C12H12BrNO/c1-7-4-5-9-10(6-7)14(3)12(13)11(9)8(2)15/h4-6H,1-3H3. The smallest absolute Gasteiger partial charge is 0.163 e. The lowest BCUT2D eigenvalue weighted by Crippen LogP contribution is -1.93. The van der Waals surface area contributed by atoms with Crippen LogP contribution in [0.5, 0.6) is 0 Å². The topological polar surface area (TPSA) is 22.0 Å². The second kappa shape index (κ2) is 3.49. The molecule has 0 atom stereocenters. The molecule has 2 aromatic rings. The Morgan fingerprint density at radius 1 is 1.40 bits per heavy atom. The van der Waals surface area contributed by atoms with E-state index in [1.807, 2.05) is 30.7 Å². The van der Waals surface area contributed by atoms with Crippen LogP contribution in [0.15, 0.2) is 22.8 Å². The van der Waals surface area contributed by atoms with Crippen LogP contribution in [0, 0.1) is 6.92 Å². The minimum Gasteiger partial charge on any atom is -0.338 e. The molecule has 0 radical (unpaired) electrons. The molecule has 0 fully saturated rings. The quantitative estimate of drug-likeness (QED) is 0.724. The molecule has 1 aromatic carbocycles. The van der Waals surface area contributed by atoms with Gasteiger partial charge in [0.2, 0.25) is 0 Å². The lowest BCUT2D eigenvalue weighted by Gasteiger charge is -1.97. The van der Waals surface area contributed by atoms with Crippen molar-refractivity contribution >= 4 is 32.6 Å². The minimum atomic E-state index is 0.0938. The van der Waals surface area contributed by atoms with Crippen molar-refractivity contribution < 1.29 is 4.79 Å². The van der Waals surface area contributed by atoms with E-state index in [2.05, 4.69) is 22.0 Å². The van der Waals surface area contributed by atoms with Gasteiger partial charge in [-0.05, 0) is 41.4 Å². The normalized spacial score (nSPS) is 10.9. The molecule has 0 saturated heterocycles. The summed E-state index contributed by atoms with van der Waals surface area (Å²) in [6, 6.07) is 6.12. The highest BCUT2D eigenvalue weighted by Crippen LogP contribution is 2.30. The monoisotopic (exact) mass is 265 g/mol. The number of carbonyl (C=O) groups excluding carboxylic acids is 1. The predicted octanol–water partition coefficient (Wildman–Crippen LogP) is 3.45. The Morgan fingerprint density at radius 3 is 2.67 bits per heavy atom. The van der Waals surface area contributed by atoms with Gasteiger partial charge in [-0.25, -0.2) is 0 Å². The summed E-state index contributed by atoms with van der Waals surface area (Å²) in [5.74, 6) is 0.0938. The van der Waals surface area contributed by atoms with Crippen molar-refractivity contribution in [3.63, 3.8) is 0 Å². The van der Waals surface area contributed by atoms with Crippen molar-refractivity contribution in [1.29, 1.82) is 0 Å². The number of aromatic nitrogens is 1. The average Bonchev–Trinajstić information content (AvgIpc) is 2.41. The Morgan fingerprint density at radius 2 is 2.07 bits per heavy atom. The fourth-order valence-electron chi connectivity index (χ4n) is 1.85. The van der Waals surface area contributed by atoms with Crippen LogP contribution < -0.4 is 0 Å². The molecular formula is C12H12BrNO. The van der Waals surface area contributed by atoms with Crippen LogP contribution in [0.25, 0.3) is 10.9 Å². The Labute approximate surface area is 97.0 Å². The van der Waals surface area contributed by atoms with Crippen LogP contribution in [0.1, 0.15) is 22.8 Å². The number of halogens is 1. The number of hydrogen-bond acceptors (Lipinski definition) is 1. The minimum absolute atomic E-state index is 0.0938. The molecule has 0 aliphatic heterocycles. The van der Waals surface area contributed by atoms with E-state index in [9.17, 15) is 4.79 Å². The van der Waals surface area contributed by atoms with Gasteiger partial charge < -0.3 is 4.57 Å². The van der Waals surface area contributed by atoms with Crippen molar-refractivity contribution in [2.24, 2.45) is 7.05 Å². The zero-order chi connectivity index (χ0) is 11.2. The van der Waals surface area contributed by atoms with E-state index in [0.29, 0.717) is 0 Å². The first-order valence-electron chi connectivity index (χ1n) is 4.78. The first-order chi connectivity index (χ1) is 7.02. The molecule has 0 aliphatic rings. The number of rotatable bonds is 1. The van der Waals surface area contributed by atoms with E-state index in [4.69, 9.17) is 0 Å². The van der Waals surface area contributed by atoms with Gasteiger partial charge in [0.15, 0.2) is 5.78 Å². The Hall–Kier alpha value is -1.09. The molecule has 78 valence electrons. The summed E-state index contributed by atoms with van der Waals surface area (Å²) in [7, 11) is 1.96. The predicted molar refractivity (Wildman–Crippen MR) is 65.4 cm³/mol. The maximum Gasteiger partial charge on any atom is 0.163 e. The van der Waals surface area contributed by atoms with E-state index in [1.165, 1.54) is 5.56 Å². The van der Waals surface area contributed by atoms with Crippen LogP contribution in [-0.4, -0.2) is 10.4 Å². The number of benzene rings is 1. The maximum atomic E-state index is 11.5. The largest absolute Gasteiger partial charge is 0.338 e. The summed E-state index contributed by atoms with van der Waals surface area (Å²) >= 11 is 3.46. The fraction of sp³-hybridized carbons (Fsp3) is 0.250. The third-order valence-corrected chi connectivity index (χ3v) is 3.57. The summed E-state index contributed by atoms with van der Waals surface area (Å²) in [4.78, 5) is 11.5. The van der Waals surface area contributed by atoms with Crippen molar-refractivity contribution in [3.05, 3.63) is 33.9 Å². The van der Waals surface area contributed by atoms with E-state index < -0.39 is 0 Å². The molecule has 0 unspecified atom stereocenters. The molecule has 1 heterocycles. The summed E-state index contributed by atoms with van der Waals surface area (Å²) in [5, 5.41) is 1.02. The first kappa shape index (κ1) is 10.4. The molecule has 2 nitrogen and oxygen atoms in total. The molecule has 0 N–H and O–H groups in total. The number of Topliss-reactive ketones (excluding diaryl/α,β-unsaturated/α-hetero) is 1. The van der Waals surface area contributed by atoms with Gasteiger partial charge in [0, 0.05) is 18.0 Å². The van der Waals surface area contributed by atoms with Gasteiger partial charge in [-0.15, -0.1) is 0 Å². The highest BCUT2D eigenvalue weighted by atomic mass is 79.9. The Kier molecular flexibility index (Phi) is 2.43. The van der Waals surface area contributed by atoms with Gasteiger partial charge in [-0.2, -0.15) is 0 Å². The number of hydrogen-bond donors (Lipinski definition) is 0. The van der Waals surface area contributed by atoms with E-state index in [1.54, 1.807) is 6.92 Å². The zero-order valence-electron chi connectivity index (χ0n) is 8.97. The van der Waals surface area contributed by atoms with Crippen molar-refractivity contribution in [2.45, 2.75) is 13.8 Å². The molecule has 3 heteroatoms. The van der Waals surface area contributed by atoms with Crippen molar-refractivity contribution in [1.82, 2.24) is 4.57 Å². The number of ketones is 1. The van der Waals surface area contributed by atoms with Crippen molar-refractivity contribution in [2.75, 3.05) is 0 Å². The van der Waals surface area contributed by atoms with Crippen LogP contribution in [0.2, 0.25) is 0 Å². The maximum absolute atomic E-state index is 11.5. The first-order valence-corrected chi connectivity index (χ1v) is 5.57.